The predicted octanol–water partition coefficient (Wildman–Crippen LogP) is 3.05. The summed E-state index contributed by atoms with van der Waals surface area (Å²) < 4.78 is 5.03. The van der Waals surface area contributed by atoms with Gasteiger partial charge in [-0.25, -0.2) is 9.78 Å². The molecule has 8 heteroatoms. The highest BCUT2D eigenvalue weighted by Gasteiger charge is 2.40. The number of ether oxygens (including phenoxy) is 1. The van der Waals surface area contributed by atoms with Crippen molar-refractivity contribution in [2.75, 3.05) is 13.2 Å². The first-order valence-corrected chi connectivity index (χ1v) is 10.3. The van der Waals surface area contributed by atoms with Crippen molar-refractivity contribution in [3.05, 3.63) is 53.7 Å². The summed E-state index contributed by atoms with van der Waals surface area (Å²) in [5.41, 5.74) is 4.85. The number of aliphatic hydroxyl groups is 1. The van der Waals surface area contributed by atoms with Crippen LogP contribution in [0.3, 0.4) is 0 Å². The van der Waals surface area contributed by atoms with Gasteiger partial charge >= 0.3 is 6.09 Å². The minimum atomic E-state index is -0.760. The smallest absolute Gasteiger partial charge is 0.410 e. The summed E-state index contributed by atoms with van der Waals surface area (Å²) in [5.74, 6) is -0.313. The van der Waals surface area contributed by atoms with Crippen LogP contribution in [-0.2, 0) is 9.53 Å². The first kappa shape index (κ1) is 21.0. The summed E-state index contributed by atoms with van der Waals surface area (Å²) in [5, 5.41) is 12.9. The molecule has 2 aromatic rings. The molecule has 29 heavy (non-hydrogen) atoms. The zero-order valence-electron chi connectivity index (χ0n) is 16.5. The third-order valence-corrected chi connectivity index (χ3v) is 5.90. The van der Waals surface area contributed by atoms with Crippen LogP contribution in [0.25, 0.3) is 10.4 Å². The molecule has 0 aliphatic carbocycles. The molecule has 0 bridgehead atoms. The van der Waals surface area contributed by atoms with Crippen molar-refractivity contribution in [3.8, 4) is 10.4 Å². The maximum atomic E-state index is 12.8. The van der Waals surface area contributed by atoms with Crippen molar-refractivity contribution < 1.29 is 19.4 Å². The number of likely N-dealkylation sites (tertiary alicyclic amines) is 1. The fourth-order valence-corrected chi connectivity index (χ4v) is 4.18. The Hall–Kier alpha value is -2.71. The highest BCUT2D eigenvalue weighted by atomic mass is 32.1. The van der Waals surface area contributed by atoms with Crippen molar-refractivity contribution in [1.29, 1.82) is 0 Å². The zero-order chi connectivity index (χ0) is 21.0. The minimum absolute atomic E-state index is 0.0573. The number of rotatable bonds is 6. The molecule has 1 aromatic carbocycles. The van der Waals surface area contributed by atoms with Crippen LogP contribution in [0.1, 0.15) is 30.6 Å². The molecular formula is C21H25N3O4S. The van der Waals surface area contributed by atoms with E-state index in [-0.39, 0.29) is 31.5 Å². The quantitative estimate of drug-likeness (QED) is 0.708. The third-order valence-electron chi connectivity index (χ3n) is 4.92. The third kappa shape index (κ3) is 4.83. The average Bonchev–Trinajstić information content (AvgIpc) is 3.31. The largest absolute Gasteiger partial charge is 0.445 e. The van der Waals surface area contributed by atoms with Crippen molar-refractivity contribution in [2.45, 2.75) is 38.5 Å². The Morgan fingerprint density at radius 1 is 1.45 bits per heavy atom. The minimum Gasteiger partial charge on any atom is -0.445 e. The Bertz CT molecular complexity index is 880. The van der Waals surface area contributed by atoms with Crippen molar-refractivity contribution in [3.63, 3.8) is 0 Å². The SMILES string of the molecule is C=CCOC(=O)N1CC(O)CC1C(=O)N[C@@H](C)c1ccc(-c2scnc2C)cc1. The van der Waals surface area contributed by atoms with Crippen LogP contribution in [0.2, 0.25) is 0 Å². The van der Waals surface area contributed by atoms with Crippen LogP contribution >= 0.6 is 11.3 Å². The number of carbonyl (C=O) groups excluding carboxylic acids is 2. The number of aliphatic hydroxyl groups excluding tert-OH is 1. The molecule has 1 aliphatic heterocycles. The lowest BCUT2D eigenvalue weighted by Gasteiger charge is -2.24. The second kappa shape index (κ2) is 9.19. The van der Waals surface area contributed by atoms with Crippen molar-refractivity contribution >= 4 is 23.3 Å². The van der Waals surface area contributed by atoms with Gasteiger partial charge in [-0.3, -0.25) is 9.69 Å². The van der Waals surface area contributed by atoms with Crippen LogP contribution in [0, 0.1) is 6.92 Å². The maximum absolute atomic E-state index is 12.8. The topological polar surface area (TPSA) is 91.8 Å². The lowest BCUT2D eigenvalue weighted by atomic mass is 10.0. The van der Waals surface area contributed by atoms with Crippen LogP contribution in [0.4, 0.5) is 4.79 Å². The lowest BCUT2D eigenvalue weighted by Crippen LogP contribution is -2.46. The van der Waals surface area contributed by atoms with Gasteiger partial charge in [0.1, 0.15) is 12.6 Å². The molecule has 1 fully saturated rings. The molecule has 0 saturated carbocycles. The number of hydrogen-bond donors (Lipinski definition) is 2. The van der Waals surface area contributed by atoms with Crippen LogP contribution in [0.5, 0.6) is 0 Å². The zero-order valence-corrected chi connectivity index (χ0v) is 17.3. The van der Waals surface area contributed by atoms with Crippen LogP contribution in [-0.4, -0.2) is 52.3 Å². The van der Waals surface area contributed by atoms with Gasteiger partial charge < -0.3 is 15.2 Å². The van der Waals surface area contributed by atoms with Crippen molar-refractivity contribution in [1.82, 2.24) is 15.2 Å². The number of carbonyl (C=O) groups is 2. The molecule has 1 aromatic heterocycles. The number of aromatic nitrogens is 1. The predicted molar refractivity (Wildman–Crippen MR) is 112 cm³/mol. The molecule has 1 aliphatic rings. The molecule has 2 N–H and O–H groups in total. The van der Waals surface area contributed by atoms with Gasteiger partial charge in [0, 0.05) is 6.42 Å². The molecule has 0 spiro atoms. The Balaban J connectivity index is 1.65. The summed E-state index contributed by atoms with van der Waals surface area (Å²) in [6, 6.07) is 6.96. The standard InChI is InChI=1S/C21H25N3O4S/c1-4-9-28-21(27)24-11-17(25)10-18(24)20(26)23-13(2)15-5-7-16(8-6-15)19-14(3)22-12-29-19/h4-8,12-13,17-18,25H,1,9-11H2,2-3H3,(H,23,26)/t13-,17?,18?/m0/s1. The Morgan fingerprint density at radius 2 is 2.17 bits per heavy atom. The first-order chi connectivity index (χ1) is 13.9. The number of β-amino-alcohol motifs (C(OH)–C–C–N with tert-alkyl or cyclic N) is 1. The van der Waals surface area contributed by atoms with E-state index in [1.54, 1.807) is 11.3 Å². The molecule has 0 radical (unpaired) electrons. The van der Waals surface area contributed by atoms with E-state index in [9.17, 15) is 14.7 Å². The number of nitrogens with one attached hydrogen (secondary N) is 1. The molecule has 154 valence electrons. The van der Waals surface area contributed by atoms with Gasteiger partial charge in [-0.2, -0.15) is 0 Å². The molecule has 2 unspecified atom stereocenters. The van der Waals surface area contributed by atoms with Gasteiger partial charge in [0.25, 0.3) is 0 Å². The monoisotopic (exact) mass is 415 g/mol. The van der Waals surface area contributed by atoms with Gasteiger partial charge in [-0.05, 0) is 25.0 Å². The summed E-state index contributed by atoms with van der Waals surface area (Å²) in [7, 11) is 0. The Morgan fingerprint density at radius 3 is 2.79 bits per heavy atom. The molecule has 1 saturated heterocycles. The van der Waals surface area contributed by atoms with E-state index in [2.05, 4.69) is 16.9 Å². The van der Waals surface area contributed by atoms with Gasteiger partial charge in [0.05, 0.1) is 34.8 Å². The van der Waals surface area contributed by atoms with E-state index < -0.39 is 18.2 Å². The van der Waals surface area contributed by atoms with E-state index in [1.165, 1.54) is 11.0 Å². The normalized spacial score (nSPS) is 19.6. The van der Waals surface area contributed by atoms with Crippen LogP contribution in [0.15, 0.2) is 42.4 Å². The summed E-state index contributed by atoms with van der Waals surface area (Å²) in [4.78, 5) is 31.6. The van der Waals surface area contributed by atoms with E-state index in [0.717, 1.165) is 21.7 Å². The number of aryl methyl sites for hydroxylation is 1. The van der Waals surface area contributed by atoms with E-state index in [4.69, 9.17) is 4.74 Å². The summed E-state index contributed by atoms with van der Waals surface area (Å²) in [6.45, 7) is 7.50. The number of amides is 2. The number of thiazole rings is 1. The molecule has 2 amide bonds. The van der Waals surface area contributed by atoms with Gasteiger partial charge in [0.2, 0.25) is 5.91 Å². The van der Waals surface area contributed by atoms with Gasteiger partial charge in [-0.15, -0.1) is 11.3 Å². The molecule has 7 nitrogen and oxygen atoms in total. The molecule has 2 heterocycles. The highest BCUT2D eigenvalue weighted by Crippen LogP contribution is 2.28. The lowest BCUT2D eigenvalue weighted by molar-refractivity contribution is -0.125. The van der Waals surface area contributed by atoms with E-state index in [1.807, 2.05) is 43.6 Å². The van der Waals surface area contributed by atoms with Gasteiger partial charge in [0.15, 0.2) is 0 Å². The Labute approximate surface area is 174 Å². The van der Waals surface area contributed by atoms with Crippen molar-refractivity contribution in [2.24, 2.45) is 0 Å². The average molecular weight is 416 g/mol. The van der Waals surface area contributed by atoms with Gasteiger partial charge in [-0.1, -0.05) is 36.9 Å². The summed E-state index contributed by atoms with van der Waals surface area (Å²) >= 11 is 1.59. The molecule has 3 atom stereocenters. The fourth-order valence-electron chi connectivity index (χ4n) is 3.37. The number of nitrogens with zero attached hydrogens (tertiary/aromatic N) is 2. The number of hydrogen-bond acceptors (Lipinski definition) is 6. The second-order valence-corrected chi connectivity index (χ2v) is 7.90. The van der Waals surface area contributed by atoms with E-state index >= 15 is 0 Å². The first-order valence-electron chi connectivity index (χ1n) is 9.43. The molecule has 3 rings (SSSR count). The number of benzene rings is 1. The van der Waals surface area contributed by atoms with E-state index in [0.29, 0.717) is 0 Å². The van der Waals surface area contributed by atoms with Crippen LogP contribution < -0.4 is 5.32 Å². The maximum Gasteiger partial charge on any atom is 0.410 e. The fraction of sp³-hybridized carbons (Fsp3) is 0.381. The Kier molecular flexibility index (Phi) is 6.66. The highest BCUT2D eigenvalue weighted by molar-refractivity contribution is 7.13. The summed E-state index contributed by atoms with van der Waals surface area (Å²) in [6.07, 6.45) is 0.266. The molecular weight excluding hydrogens is 390 g/mol. The second-order valence-electron chi connectivity index (χ2n) is 7.04.